The van der Waals surface area contributed by atoms with Crippen LogP contribution < -0.4 is 11.1 Å². The van der Waals surface area contributed by atoms with Crippen molar-refractivity contribution in [1.29, 1.82) is 0 Å². The van der Waals surface area contributed by atoms with Crippen LogP contribution in [0.25, 0.3) is 0 Å². The van der Waals surface area contributed by atoms with Gasteiger partial charge in [0.25, 0.3) is 0 Å². The van der Waals surface area contributed by atoms with Gasteiger partial charge in [0.2, 0.25) is 0 Å². The number of nitrogen functional groups attached to an aromatic ring is 1. The van der Waals surface area contributed by atoms with Gasteiger partial charge in [0.05, 0.1) is 0 Å². The fourth-order valence-corrected chi connectivity index (χ4v) is 3.71. The van der Waals surface area contributed by atoms with Crippen LogP contribution in [0, 0.1) is 0 Å². The van der Waals surface area contributed by atoms with Crippen LogP contribution in [0.4, 0.5) is 11.4 Å². The van der Waals surface area contributed by atoms with Crippen LogP contribution in [0.1, 0.15) is 19.8 Å². The quantitative estimate of drug-likeness (QED) is 0.836. The molecular formula is C12H17BrN2S. The number of benzene rings is 1. The lowest BCUT2D eigenvalue weighted by Gasteiger charge is -2.24. The average Bonchev–Trinajstić information content (AvgIpc) is 2.64. The standard InChI is InChI=1S/C12H17BrN2S/c1-12(5-2-6-16-12)8-15-11-4-3-9(14)7-10(11)13/h3-4,7,15H,2,5-6,8,14H2,1H3. The van der Waals surface area contributed by atoms with Crippen LogP contribution in [0.15, 0.2) is 22.7 Å². The molecule has 1 aliphatic rings. The topological polar surface area (TPSA) is 38.0 Å². The van der Waals surface area contributed by atoms with Crippen molar-refractivity contribution in [3.8, 4) is 0 Å². The minimum absolute atomic E-state index is 0.390. The molecule has 1 aromatic carbocycles. The smallest absolute Gasteiger partial charge is 0.0486 e. The third-order valence-electron chi connectivity index (χ3n) is 2.95. The molecule has 0 saturated carbocycles. The van der Waals surface area contributed by atoms with Gasteiger partial charge in [-0.3, -0.25) is 0 Å². The number of hydrogen-bond donors (Lipinski definition) is 2. The second-order valence-electron chi connectivity index (χ2n) is 4.49. The van der Waals surface area contributed by atoms with Crippen LogP contribution in [-0.4, -0.2) is 17.0 Å². The maximum atomic E-state index is 5.71. The van der Waals surface area contributed by atoms with E-state index in [9.17, 15) is 0 Å². The summed E-state index contributed by atoms with van der Waals surface area (Å²) in [5, 5.41) is 3.50. The summed E-state index contributed by atoms with van der Waals surface area (Å²) < 4.78 is 1.43. The van der Waals surface area contributed by atoms with E-state index in [1.807, 2.05) is 18.2 Å². The summed E-state index contributed by atoms with van der Waals surface area (Å²) in [5.41, 5.74) is 7.63. The van der Waals surface area contributed by atoms with E-state index in [1.165, 1.54) is 18.6 Å². The van der Waals surface area contributed by atoms with E-state index in [0.29, 0.717) is 4.75 Å². The molecule has 3 N–H and O–H groups in total. The van der Waals surface area contributed by atoms with Gasteiger partial charge < -0.3 is 11.1 Å². The van der Waals surface area contributed by atoms with Crippen LogP contribution in [-0.2, 0) is 0 Å². The Bertz CT molecular complexity index is 375. The number of anilines is 2. The first-order chi connectivity index (χ1) is 7.59. The first-order valence-electron chi connectivity index (χ1n) is 5.52. The van der Waals surface area contributed by atoms with Crippen molar-refractivity contribution in [3.63, 3.8) is 0 Å². The molecule has 1 aromatic rings. The van der Waals surface area contributed by atoms with Crippen molar-refractivity contribution in [2.75, 3.05) is 23.3 Å². The molecule has 88 valence electrons. The maximum Gasteiger partial charge on any atom is 0.0486 e. The molecule has 4 heteroatoms. The number of rotatable bonds is 3. The van der Waals surface area contributed by atoms with Crippen molar-refractivity contribution in [2.24, 2.45) is 0 Å². The molecule has 1 unspecified atom stereocenters. The van der Waals surface area contributed by atoms with Crippen LogP contribution in [0.2, 0.25) is 0 Å². The lowest BCUT2D eigenvalue weighted by Crippen LogP contribution is -2.27. The number of hydrogen-bond acceptors (Lipinski definition) is 3. The Balaban J connectivity index is 1.99. The van der Waals surface area contributed by atoms with Crippen molar-refractivity contribution < 1.29 is 0 Å². The molecule has 1 atom stereocenters. The lowest BCUT2D eigenvalue weighted by molar-refractivity contribution is 0.634. The first-order valence-corrected chi connectivity index (χ1v) is 7.30. The zero-order chi connectivity index (χ0) is 11.6. The normalized spacial score (nSPS) is 24.6. The number of halogens is 1. The Morgan fingerprint density at radius 2 is 2.38 bits per heavy atom. The first kappa shape index (κ1) is 12.1. The SMILES string of the molecule is CC1(CNc2ccc(N)cc2Br)CCCS1. The molecule has 1 heterocycles. The highest BCUT2D eigenvalue weighted by Gasteiger charge is 2.29. The molecule has 0 spiro atoms. The zero-order valence-corrected chi connectivity index (χ0v) is 11.8. The van der Waals surface area contributed by atoms with E-state index in [4.69, 9.17) is 5.73 Å². The summed E-state index contributed by atoms with van der Waals surface area (Å²) in [6, 6.07) is 5.89. The minimum atomic E-state index is 0.390. The van der Waals surface area contributed by atoms with Crippen molar-refractivity contribution in [3.05, 3.63) is 22.7 Å². The summed E-state index contributed by atoms with van der Waals surface area (Å²) in [7, 11) is 0. The maximum absolute atomic E-state index is 5.71. The molecule has 1 saturated heterocycles. The molecule has 0 bridgehead atoms. The molecular weight excluding hydrogens is 284 g/mol. The molecule has 2 rings (SSSR count). The van der Waals surface area contributed by atoms with E-state index in [2.05, 4.69) is 39.9 Å². The van der Waals surface area contributed by atoms with Crippen LogP contribution in [0.3, 0.4) is 0 Å². The molecule has 0 aromatic heterocycles. The number of thioether (sulfide) groups is 1. The Morgan fingerprint density at radius 3 is 3.00 bits per heavy atom. The molecule has 0 aliphatic carbocycles. The Labute approximate surface area is 109 Å². The van der Waals surface area contributed by atoms with Crippen molar-refractivity contribution in [1.82, 2.24) is 0 Å². The summed E-state index contributed by atoms with van der Waals surface area (Å²) in [6.07, 6.45) is 2.64. The minimum Gasteiger partial charge on any atom is -0.399 e. The summed E-state index contributed by atoms with van der Waals surface area (Å²) in [4.78, 5) is 0. The lowest BCUT2D eigenvalue weighted by atomic mass is 10.1. The monoisotopic (exact) mass is 300 g/mol. The summed E-state index contributed by atoms with van der Waals surface area (Å²) in [6.45, 7) is 3.35. The van der Waals surface area contributed by atoms with Crippen molar-refractivity contribution >= 4 is 39.1 Å². The largest absolute Gasteiger partial charge is 0.399 e. The molecule has 1 fully saturated rings. The zero-order valence-electron chi connectivity index (χ0n) is 9.42. The van der Waals surface area contributed by atoms with Gasteiger partial charge in [-0.05, 0) is 59.6 Å². The van der Waals surface area contributed by atoms with E-state index in [-0.39, 0.29) is 0 Å². The average molecular weight is 301 g/mol. The van der Waals surface area contributed by atoms with Gasteiger partial charge in [0.15, 0.2) is 0 Å². The molecule has 16 heavy (non-hydrogen) atoms. The number of nitrogens with two attached hydrogens (primary N) is 1. The van der Waals surface area contributed by atoms with Gasteiger partial charge >= 0.3 is 0 Å². The van der Waals surface area contributed by atoms with Gasteiger partial charge in [-0.25, -0.2) is 0 Å². The highest BCUT2D eigenvalue weighted by molar-refractivity contribution is 9.10. The third kappa shape index (κ3) is 2.86. The van der Waals surface area contributed by atoms with Gasteiger partial charge in [0.1, 0.15) is 0 Å². The fourth-order valence-electron chi connectivity index (χ4n) is 1.93. The second-order valence-corrected chi connectivity index (χ2v) is 7.03. The van der Waals surface area contributed by atoms with Gasteiger partial charge in [-0.1, -0.05) is 0 Å². The van der Waals surface area contributed by atoms with E-state index >= 15 is 0 Å². The Morgan fingerprint density at radius 1 is 1.56 bits per heavy atom. The van der Waals surface area contributed by atoms with Crippen LogP contribution in [0.5, 0.6) is 0 Å². The summed E-state index contributed by atoms with van der Waals surface area (Å²) in [5.74, 6) is 1.29. The molecule has 1 aliphatic heterocycles. The predicted octanol–water partition coefficient (Wildman–Crippen LogP) is 3.73. The van der Waals surface area contributed by atoms with Crippen molar-refractivity contribution in [2.45, 2.75) is 24.5 Å². The van der Waals surface area contributed by atoms with Gasteiger partial charge in [-0.15, -0.1) is 0 Å². The predicted molar refractivity (Wildman–Crippen MR) is 77.1 cm³/mol. The summed E-state index contributed by atoms with van der Waals surface area (Å²) >= 11 is 5.60. The molecule has 2 nitrogen and oxygen atoms in total. The van der Waals surface area contributed by atoms with E-state index < -0.39 is 0 Å². The van der Waals surface area contributed by atoms with Gasteiger partial charge in [-0.2, -0.15) is 11.8 Å². The molecule has 0 amide bonds. The molecule has 0 radical (unpaired) electrons. The van der Waals surface area contributed by atoms with Crippen LogP contribution >= 0.6 is 27.7 Å². The highest BCUT2D eigenvalue weighted by atomic mass is 79.9. The van der Waals surface area contributed by atoms with E-state index in [1.54, 1.807) is 0 Å². The third-order valence-corrected chi connectivity index (χ3v) is 5.14. The highest BCUT2D eigenvalue weighted by Crippen LogP contribution is 2.38. The Hall–Kier alpha value is -0.350. The van der Waals surface area contributed by atoms with E-state index in [0.717, 1.165) is 22.4 Å². The second kappa shape index (κ2) is 4.88. The fraction of sp³-hybridized carbons (Fsp3) is 0.500. The van der Waals surface area contributed by atoms with Gasteiger partial charge in [0, 0.05) is 27.1 Å². The Kier molecular flexibility index (Phi) is 3.70. The number of nitrogens with one attached hydrogen (secondary N) is 1.